The third-order valence-corrected chi connectivity index (χ3v) is 3.91. The van der Waals surface area contributed by atoms with Gasteiger partial charge in [-0.2, -0.15) is 0 Å². The zero-order valence-corrected chi connectivity index (χ0v) is 11.8. The number of aromatic nitrogens is 1. The summed E-state index contributed by atoms with van der Waals surface area (Å²) in [6, 6.07) is 11.8. The summed E-state index contributed by atoms with van der Waals surface area (Å²) in [5.41, 5.74) is 1.99. The Morgan fingerprint density at radius 3 is 2.45 bits per heavy atom. The quantitative estimate of drug-likeness (QED) is 0.846. The molecule has 1 saturated heterocycles. The summed E-state index contributed by atoms with van der Waals surface area (Å²) in [4.78, 5) is 17.9. The minimum absolute atomic E-state index is 0.342. The lowest BCUT2D eigenvalue weighted by Crippen LogP contribution is -2.34. The fraction of sp³-hybridized carbons (Fsp3) is 0.250. The van der Waals surface area contributed by atoms with Crippen LogP contribution >= 0.6 is 11.6 Å². The molecule has 1 aromatic heterocycles. The number of anilines is 1. The molecule has 3 nitrogen and oxygen atoms in total. The minimum Gasteiger partial charge on any atom is -0.356 e. The largest absolute Gasteiger partial charge is 0.356 e. The molecule has 0 aliphatic carbocycles. The van der Waals surface area contributed by atoms with Gasteiger partial charge in [0, 0.05) is 48.3 Å². The molecule has 2 heterocycles. The van der Waals surface area contributed by atoms with Crippen LogP contribution < -0.4 is 4.90 Å². The summed E-state index contributed by atoms with van der Waals surface area (Å²) in [6.45, 7) is 1.52. The van der Waals surface area contributed by atoms with Crippen molar-refractivity contribution in [1.29, 1.82) is 0 Å². The highest BCUT2D eigenvalue weighted by molar-refractivity contribution is 6.33. The van der Waals surface area contributed by atoms with Crippen molar-refractivity contribution in [1.82, 2.24) is 4.98 Å². The monoisotopic (exact) mass is 286 g/mol. The Hall–Kier alpha value is -1.87. The molecular formula is C16H15ClN2O. The first-order valence-electron chi connectivity index (χ1n) is 6.71. The summed E-state index contributed by atoms with van der Waals surface area (Å²) in [6.07, 6.45) is 3.08. The fourth-order valence-electron chi connectivity index (χ4n) is 2.41. The highest BCUT2D eigenvalue weighted by Crippen LogP contribution is 2.28. The van der Waals surface area contributed by atoms with E-state index in [9.17, 15) is 4.79 Å². The topological polar surface area (TPSA) is 33.2 Å². The number of hydrogen-bond donors (Lipinski definition) is 0. The standard InChI is InChI=1S/C16H15ClN2O/c17-15-4-2-1-3-14(15)12-5-6-16(18-11-12)19-9-7-13(20)8-10-19/h1-6,11H,7-10H2. The second kappa shape index (κ2) is 5.63. The summed E-state index contributed by atoms with van der Waals surface area (Å²) in [5, 5.41) is 0.727. The first-order valence-corrected chi connectivity index (χ1v) is 7.09. The van der Waals surface area contributed by atoms with Crippen LogP contribution in [0.4, 0.5) is 5.82 Å². The first kappa shape index (κ1) is 13.1. The number of piperidine rings is 1. The molecular weight excluding hydrogens is 272 g/mol. The summed E-state index contributed by atoms with van der Waals surface area (Å²) in [5.74, 6) is 1.27. The van der Waals surface area contributed by atoms with Crippen LogP contribution in [0.1, 0.15) is 12.8 Å². The van der Waals surface area contributed by atoms with Crippen LogP contribution in [0.3, 0.4) is 0 Å². The lowest BCUT2D eigenvalue weighted by atomic mass is 10.1. The van der Waals surface area contributed by atoms with Gasteiger partial charge in [0.25, 0.3) is 0 Å². The van der Waals surface area contributed by atoms with Crippen LogP contribution in [-0.4, -0.2) is 23.9 Å². The predicted molar refractivity (Wildman–Crippen MR) is 81.1 cm³/mol. The molecule has 1 fully saturated rings. The van der Waals surface area contributed by atoms with Gasteiger partial charge in [0.15, 0.2) is 0 Å². The Labute approximate surface area is 123 Å². The number of Topliss-reactive ketones (excluding diaryl/α,β-unsaturated/α-hetero) is 1. The van der Waals surface area contributed by atoms with Crippen LogP contribution in [0.15, 0.2) is 42.6 Å². The van der Waals surface area contributed by atoms with Crippen LogP contribution in [0, 0.1) is 0 Å². The average molecular weight is 287 g/mol. The number of pyridine rings is 1. The smallest absolute Gasteiger partial charge is 0.136 e. The zero-order valence-electron chi connectivity index (χ0n) is 11.1. The van der Waals surface area contributed by atoms with E-state index >= 15 is 0 Å². The van der Waals surface area contributed by atoms with E-state index in [2.05, 4.69) is 9.88 Å². The van der Waals surface area contributed by atoms with E-state index in [1.807, 2.05) is 42.6 Å². The molecule has 0 saturated carbocycles. The second-order valence-corrected chi connectivity index (χ2v) is 5.32. The maximum Gasteiger partial charge on any atom is 0.136 e. The minimum atomic E-state index is 0.342. The van der Waals surface area contributed by atoms with Gasteiger partial charge in [0.2, 0.25) is 0 Å². The maximum absolute atomic E-state index is 11.3. The van der Waals surface area contributed by atoms with E-state index in [-0.39, 0.29) is 0 Å². The van der Waals surface area contributed by atoms with Crippen LogP contribution in [0.5, 0.6) is 0 Å². The van der Waals surface area contributed by atoms with E-state index in [1.54, 1.807) is 0 Å². The molecule has 20 heavy (non-hydrogen) atoms. The van der Waals surface area contributed by atoms with E-state index < -0.39 is 0 Å². The molecule has 0 radical (unpaired) electrons. The van der Waals surface area contributed by atoms with Gasteiger partial charge in [0.05, 0.1) is 0 Å². The Bertz CT molecular complexity index is 615. The maximum atomic E-state index is 11.3. The zero-order chi connectivity index (χ0) is 13.9. The normalized spacial score (nSPS) is 15.4. The van der Waals surface area contributed by atoms with Crippen molar-refractivity contribution in [2.45, 2.75) is 12.8 Å². The van der Waals surface area contributed by atoms with Crippen molar-refractivity contribution in [2.24, 2.45) is 0 Å². The van der Waals surface area contributed by atoms with Crippen molar-refractivity contribution in [3.05, 3.63) is 47.6 Å². The number of hydrogen-bond acceptors (Lipinski definition) is 3. The molecule has 1 aliphatic rings. The number of ketones is 1. The molecule has 0 N–H and O–H groups in total. The van der Waals surface area contributed by atoms with Gasteiger partial charge < -0.3 is 4.90 Å². The molecule has 102 valence electrons. The van der Waals surface area contributed by atoms with Crippen LogP contribution in [0.25, 0.3) is 11.1 Å². The van der Waals surface area contributed by atoms with Crippen LogP contribution in [-0.2, 0) is 4.79 Å². The molecule has 4 heteroatoms. The first-order chi connectivity index (χ1) is 9.74. The van der Waals surface area contributed by atoms with Crippen molar-refractivity contribution in [2.75, 3.05) is 18.0 Å². The SMILES string of the molecule is O=C1CCN(c2ccc(-c3ccccc3Cl)cn2)CC1. The van der Waals surface area contributed by atoms with E-state index in [1.165, 1.54) is 0 Å². The lowest BCUT2D eigenvalue weighted by Gasteiger charge is -2.27. The van der Waals surface area contributed by atoms with E-state index in [0.29, 0.717) is 18.6 Å². The van der Waals surface area contributed by atoms with Gasteiger partial charge in [-0.25, -0.2) is 4.98 Å². The predicted octanol–water partition coefficient (Wildman–Crippen LogP) is 3.57. The van der Waals surface area contributed by atoms with Crippen molar-refractivity contribution in [3.8, 4) is 11.1 Å². The Kier molecular flexibility index (Phi) is 3.70. The number of carbonyl (C=O) groups excluding carboxylic acids is 1. The highest BCUT2D eigenvalue weighted by atomic mass is 35.5. The number of benzene rings is 1. The number of halogens is 1. The van der Waals surface area contributed by atoms with Gasteiger partial charge in [-0.15, -0.1) is 0 Å². The second-order valence-electron chi connectivity index (χ2n) is 4.91. The van der Waals surface area contributed by atoms with Gasteiger partial charge >= 0.3 is 0 Å². The number of rotatable bonds is 2. The lowest BCUT2D eigenvalue weighted by molar-refractivity contribution is -0.119. The highest BCUT2D eigenvalue weighted by Gasteiger charge is 2.17. The summed E-state index contributed by atoms with van der Waals surface area (Å²) >= 11 is 6.19. The molecule has 1 aliphatic heterocycles. The third kappa shape index (κ3) is 2.68. The van der Waals surface area contributed by atoms with Crippen LogP contribution in [0.2, 0.25) is 5.02 Å². The Morgan fingerprint density at radius 2 is 1.80 bits per heavy atom. The van der Waals surface area contributed by atoms with Gasteiger partial charge in [-0.1, -0.05) is 29.8 Å². The van der Waals surface area contributed by atoms with Gasteiger partial charge in [0.1, 0.15) is 11.6 Å². The molecule has 0 amide bonds. The third-order valence-electron chi connectivity index (χ3n) is 3.58. The molecule has 0 bridgehead atoms. The van der Waals surface area contributed by atoms with Crippen molar-refractivity contribution >= 4 is 23.2 Å². The van der Waals surface area contributed by atoms with Crippen molar-refractivity contribution < 1.29 is 4.79 Å². The Balaban J connectivity index is 1.81. The van der Waals surface area contributed by atoms with Crippen molar-refractivity contribution in [3.63, 3.8) is 0 Å². The Morgan fingerprint density at radius 1 is 1.05 bits per heavy atom. The number of nitrogens with zero attached hydrogens (tertiary/aromatic N) is 2. The summed E-state index contributed by atoms with van der Waals surface area (Å²) in [7, 11) is 0. The molecule has 0 unspecified atom stereocenters. The molecule has 1 aromatic carbocycles. The molecule has 3 rings (SSSR count). The van der Waals surface area contributed by atoms with Gasteiger partial charge in [-0.05, 0) is 18.2 Å². The van der Waals surface area contributed by atoms with E-state index in [4.69, 9.17) is 11.6 Å². The van der Waals surface area contributed by atoms with E-state index in [0.717, 1.165) is 35.1 Å². The summed E-state index contributed by atoms with van der Waals surface area (Å²) < 4.78 is 0. The fourth-order valence-corrected chi connectivity index (χ4v) is 2.66. The number of carbonyl (C=O) groups is 1. The van der Waals surface area contributed by atoms with Gasteiger partial charge in [-0.3, -0.25) is 4.79 Å². The molecule has 0 spiro atoms. The molecule has 0 atom stereocenters. The molecule has 2 aromatic rings. The average Bonchev–Trinajstić information content (AvgIpc) is 2.49.